The largest absolute Gasteiger partial charge is 0.507 e. The fraction of sp³-hybridized carbons (Fsp3) is 0.647. The number of aliphatic hydroxyl groups is 1. The molecular formula is C17H29NO2. The predicted octanol–water partition coefficient (Wildman–Crippen LogP) is 3.07. The van der Waals surface area contributed by atoms with Gasteiger partial charge in [-0.3, -0.25) is 0 Å². The number of aromatic hydroxyl groups is 1. The van der Waals surface area contributed by atoms with Crippen LogP contribution in [0.5, 0.6) is 5.75 Å². The van der Waals surface area contributed by atoms with E-state index in [-0.39, 0.29) is 17.4 Å². The van der Waals surface area contributed by atoms with Crippen molar-refractivity contribution in [2.24, 2.45) is 0 Å². The van der Waals surface area contributed by atoms with Gasteiger partial charge in [0, 0.05) is 13.1 Å². The molecule has 0 amide bonds. The van der Waals surface area contributed by atoms with Gasteiger partial charge in [-0.05, 0) is 27.5 Å². The number of phenols is 1. The summed E-state index contributed by atoms with van der Waals surface area (Å²) in [7, 11) is 0. The summed E-state index contributed by atoms with van der Waals surface area (Å²) in [4.78, 5) is 0. The molecule has 0 aromatic heterocycles. The van der Waals surface area contributed by atoms with Crippen LogP contribution in [0.1, 0.15) is 58.2 Å². The Labute approximate surface area is 123 Å². The second-order valence-electron chi connectivity index (χ2n) is 7.44. The van der Waals surface area contributed by atoms with Crippen molar-refractivity contribution in [2.75, 3.05) is 13.2 Å². The molecule has 0 fully saturated rings. The van der Waals surface area contributed by atoms with E-state index >= 15 is 0 Å². The molecule has 1 aromatic rings. The lowest BCUT2D eigenvalue weighted by Gasteiger charge is -2.28. The van der Waals surface area contributed by atoms with Gasteiger partial charge in [-0.15, -0.1) is 0 Å². The molecule has 1 aromatic carbocycles. The fourth-order valence-electron chi connectivity index (χ4n) is 2.25. The smallest absolute Gasteiger partial charge is 0.123 e. The van der Waals surface area contributed by atoms with E-state index in [1.807, 2.05) is 0 Å². The molecule has 0 bridgehead atoms. The zero-order chi connectivity index (χ0) is 15.6. The van der Waals surface area contributed by atoms with Gasteiger partial charge in [0.2, 0.25) is 0 Å². The molecule has 0 heterocycles. The molecule has 3 N–H and O–H groups in total. The lowest BCUT2D eigenvalue weighted by atomic mass is 9.78. The quantitative estimate of drug-likeness (QED) is 0.742. The Balaban J connectivity index is 3.28. The third-order valence-corrected chi connectivity index (χ3v) is 3.40. The SMILES string of the molecule is CC(C)(C)c1cc(CNCCO)cc(C(C)(C)C)c1O. The predicted molar refractivity (Wildman–Crippen MR) is 84.3 cm³/mol. The van der Waals surface area contributed by atoms with Crippen LogP contribution in [0.25, 0.3) is 0 Å². The van der Waals surface area contributed by atoms with E-state index in [9.17, 15) is 5.11 Å². The first-order valence-electron chi connectivity index (χ1n) is 7.26. The minimum atomic E-state index is -0.100. The van der Waals surface area contributed by atoms with Crippen LogP contribution >= 0.6 is 0 Å². The molecule has 0 atom stereocenters. The van der Waals surface area contributed by atoms with Crippen molar-refractivity contribution >= 4 is 0 Å². The van der Waals surface area contributed by atoms with E-state index in [2.05, 4.69) is 59.0 Å². The van der Waals surface area contributed by atoms with Crippen LogP contribution in [-0.4, -0.2) is 23.4 Å². The molecule has 3 nitrogen and oxygen atoms in total. The minimum absolute atomic E-state index is 0.100. The minimum Gasteiger partial charge on any atom is -0.507 e. The van der Waals surface area contributed by atoms with Gasteiger partial charge >= 0.3 is 0 Å². The summed E-state index contributed by atoms with van der Waals surface area (Å²) in [5, 5.41) is 22.6. The Morgan fingerprint density at radius 2 is 1.40 bits per heavy atom. The first kappa shape index (κ1) is 17.0. The average molecular weight is 279 g/mol. The molecule has 0 saturated heterocycles. The summed E-state index contributed by atoms with van der Waals surface area (Å²) in [6, 6.07) is 4.13. The highest BCUT2D eigenvalue weighted by molar-refractivity contribution is 5.49. The zero-order valence-corrected chi connectivity index (χ0v) is 13.7. The Morgan fingerprint density at radius 3 is 1.75 bits per heavy atom. The Kier molecular flexibility index (Phi) is 5.22. The van der Waals surface area contributed by atoms with Gasteiger partial charge in [0.05, 0.1) is 6.61 Å². The Morgan fingerprint density at radius 1 is 0.950 bits per heavy atom. The maximum atomic E-state index is 10.6. The van der Waals surface area contributed by atoms with Crippen LogP contribution in [0.4, 0.5) is 0 Å². The van der Waals surface area contributed by atoms with Crippen LogP contribution in [0.3, 0.4) is 0 Å². The normalized spacial score (nSPS) is 12.8. The molecule has 0 unspecified atom stereocenters. The zero-order valence-electron chi connectivity index (χ0n) is 13.7. The van der Waals surface area contributed by atoms with Gasteiger partial charge in [-0.2, -0.15) is 0 Å². The molecule has 0 aliphatic rings. The van der Waals surface area contributed by atoms with E-state index in [0.717, 1.165) is 16.7 Å². The molecule has 3 heteroatoms. The van der Waals surface area contributed by atoms with Gasteiger partial charge in [0.25, 0.3) is 0 Å². The molecule has 20 heavy (non-hydrogen) atoms. The van der Waals surface area contributed by atoms with Gasteiger partial charge in [0.1, 0.15) is 5.75 Å². The van der Waals surface area contributed by atoms with E-state index in [4.69, 9.17) is 5.11 Å². The molecule has 0 spiro atoms. The number of rotatable bonds is 4. The summed E-state index contributed by atoms with van der Waals surface area (Å²) in [5.41, 5.74) is 2.90. The van der Waals surface area contributed by atoms with Crippen molar-refractivity contribution in [2.45, 2.75) is 58.9 Å². The summed E-state index contributed by atoms with van der Waals surface area (Å²) in [5.74, 6) is 0.413. The van der Waals surface area contributed by atoms with Crippen LogP contribution in [0.2, 0.25) is 0 Å². The molecule has 0 aliphatic carbocycles. The van der Waals surface area contributed by atoms with Crippen molar-refractivity contribution in [1.29, 1.82) is 0 Å². The lowest BCUT2D eigenvalue weighted by Crippen LogP contribution is -2.21. The molecule has 0 saturated carbocycles. The first-order valence-corrected chi connectivity index (χ1v) is 7.26. The van der Waals surface area contributed by atoms with E-state index in [1.54, 1.807) is 0 Å². The number of phenolic OH excluding ortho intramolecular Hbond substituents is 1. The monoisotopic (exact) mass is 279 g/mol. The summed E-state index contributed by atoms with van der Waals surface area (Å²) in [6.45, 7) is 14.1. The fourth-order valence-corrected chi connectivity index (χ4v) is 2.25. The van der Waals surface area contributed by atoms with E-state index in [1.165, 1.54) is 0 Å². The summed E-state index contributed by atoms with van der Waals surface area (Å²) in [6.07, 6.45) is 0. The molecular weight excluding hydrogens is 250 g/mol. The average Bonchev–Trinajstić information content (AvgIpc) is 2.28. The van der Waals surface area contributed by atoms with Crippen LogP contribution < -0.4 is 5.32 Å². The van der Waals surface area contributed by atoms with Crippen molar-refractivity contribution in [1.82, 2.24) is 5.32 Å². The second-order valence-corrected chi connectivity index (χ2v) is 7.44. The maximum absolute atomic E-state index is 10.6. The highest BCUT2D eigenvalue weighted by Crippen LogP contribution is 2.39. The lowest BCUT2D eigenvalue weighted by molar-refractivity contribution is 0.292. The van der Waals surface area contributed by atoms with Crippen LogP contribution in [0, 0.1) is 0 Å². The van der Waals surface area contributed by atoms with Crippen LogP contribution in [0.15, 0.2) is 12.1 Å². The number of benzene rings is 1. The number of hydrogen-bond acceptors (Lipinski definition) is 3. The topological polar surface area (TPSA) is 52.5 Å². The summed E-state index contributed by atoms with van der Waals surface area (Å²) < 4.78 is 0. The first-order chi connectivity index (χ1) is 9.07. The van der Waals surface area contributed by atoms with Crippen molar-refractivity contribution in [3.63, 3.8) is 0 Å². The van der Waals surface area contributed by atoms with Gasteiger partial charge < -0.3 is 15.5 Å². The standard InChI is InChI=1S/C17H29NO2/c1-16(2,3)13-9-12(11-18-7-8-19)10-14(15(13)20)17(4,5)6/h9-10,18-20H,7-8,11H2,1-6H3. The number of hydrogen-bond donors (Lipinski definition) is 3. The van der Waals surface area contributed by atoms with Gasteiger partial charge in [0.15, 0.2) is 0 Å². The second kappa shape index (κ2) is 6.15. The highest BCUT2D eigenvalue weighted by atomic mass is 16.3. The molecule has 1 rings (SSSR count). The van der Waals surface area contributed by atoms with Gasteiger partial charge in [-0.1, -0.05) is 53.7 Å². The Bertz CT molecular complexity index is 418. The molecule has 0 radical (unpaired) electrons. The molecule has 0 aliphatic heterocycles. The summed E-state index contributed by atoms with van der Waals surface area (Å²) >= 11 is 0. The molecule has 114 valence electrons. The van der Waals surface area contributed by atoms with E-state index < -0.39 is 0 Å². The van der Waals surface area contributed by atoms with Crippen molar-refractivity contribution < 1.29 is 10.2 Å². The number of nitrogens with one attached hydrogen (secondary N) is 1. The van der Waals surface area contributed by atoms with Crippen molar-refractivity contribution in [3.8, 4) is 5.75 Å². The maximum Gasteiger partial charge on any atom is 0.123 e. The number of aliphatic hydroxyl groups excluding tert-OH is 1. The van der Waals surface area contributed by atoms with Crippen molar-refractivity contribution in [3.05, 3.63) is 28.8 Å². The third kappa shape index (κ3) is 4.22. The van der Waals surface area contributed by atoms with Crippen LogP contribution in [-0.2, 0) is 17.4 Å². The third-order valence-electron chi connectivity index (χ3n) is 3.40. The highest BCUT2D eigenvalue weighted by Gasteiger charge is 2.26. The Hall–Kier alpha value is -1.06. The van der Waals surface area contributed by atoms with Gasteiger partial charge in [-0.25, -0.2) is 0 Å². The van der Waals surface area contributed by atoms with E-state index in [0.29, 0.717) is 18.8 Å².